The molecule has 0 atom stereocenters. The molecule has 0 aliphatic carbocycles. The third-order valence-electron chi connectivity index (χ3n) is 4.89. The monoisotopic (exact) mass is 456 g/mol. The smallest absolute Gasteiger partial charge is 0.235 e. The Labute approximate surface area is 147 Å². The highest BCUT2D eigenvalue weighted by Crippen LogP contribution is 2.52. The maximum Gasteiger partial charge on any atom is 0.357 e. The minimum atomic E-state index is -4.76. The molecule has 0 aromatic heterocycles. The van der Waals surface area contributed by atoms with Gasteiger partial charge in [0.25, 0.3) is 0 Å². The molecule has 0 spiro atoms. The van der Waals surface area contributed by atoms with Crippen LogP contribution in [0.2, 0.25) is 5.67 Å². The van der Waals surface area contributed by atoms with Gasteiger partial charge in [-0.3, -0.25) is 0 Å². The minimum absolute atomic E-state index is 0.252. The van der Waals surface area contributed by atoms with Gasteiger partial charge in [0.15, 0.2) is 23.0 Å². The lowest BCUT2D eigenvalue weighted by Gasteiger charge is -2.52. The van der Waals surface area contributed by atoms with Gasteiger partial charge in [-0.1, -0.05) is 27.7 Å². The summed E-state index contributed by atoms with van der Waals surface area (Å²) in [6, 6.07) is 0. The van der Waals surface area contributed by atoms with Gasteiger partial charge in [0.2, 0.25) is 0 Å². The quantitative estimate of drug-likeness (QED) is 0.402. The molecular formula is C10H24O8S4Si2. The van der Waals surface area contributed by atoms with Gasteiger partial charge in [0.1, 0.15) is 18.6 Å². The summed E-state index contributed by atoms with van der Waals surface area (Å²) in [6.07, 6.45) is -4.76. The Morgan fingerprint density at radius 3 is 1.21 bits per heavy atom. The number of rotatable bonds is 8. The molecule has 0 amide bonds. The van der Waals surface area contributed by atoms with Crippen molar-refractivity contribution < 1.29 is 33.7 Å². The van der Waals surface area contributed by atoms with E-state index in [2.05, 4.69) is 0 Å². The van der Waals surface area contributed by atoms with Crippen molar-refractivity contribution in [1.82, 2.24) is 0 Å². The van der Waals surface area contributed by atoms with Gasteiger partial charge >= 0.3 is 6.37 Å². The highest BCUT2D eigenvalue weighted by Gasteiger charge is 2.85. The van der Waals surface area contributed by atoms with Crippen LogP contribution in [0.1, 0.15) is 27.7 Å². The summed E-state index contributed by atoms with van der Waals surface area (Å²) in [5.41, 5.74) is -0.252. The van der Waals surface area contributed by atoms with Gasteiger partial charge in [0, 0.05) is 23.0 Å². The van der Waals surface area contributed by atoms with E-state index in [1.807, 2.05) is 0 Å². The average molecular weight is 457 g/mol. The van der Waals surface area contributed by atoms with Crippen LogP contribution in [0, 0.1) is 0 Å². The molecule has 0 aromatic carbocycles. The topological polar surface area (TPSA) is 137 Å². The van der Waals surface area contributed by atoms with Crippen LogP contribution in [0.25, 0.3) is 0 Å². The molecule has 14 heteroatoms. The van der Waals surface area contributed by atoms with E-state index in [0.29, 0.717) is 0 Å². The maximum atomic E-state index is 12.8. The minimum Gasteiger partial charge on any atom is -0.235 e. The van der Waals surface area contributed by atoms with E-state index in [1.54, 1.807) is 0 Å². The molecule has 1 aliphatic rings. The average Bonchev–Trinajstić information content (AvgIpc) is 2.45. The van der Waals surface area contributed by atoms with Crippen LogP contribution in [0.4, 0.5) is 0 Å². The maximum absolute atomic E-state index is 12.8. The van der Waals surface area contributed by atoms with Crippen molar-refractivity contribution in [2.24, 2.45) is 0 Å². The first-order valence-electron chi connectivity index (χ1n) is 7.59. The van der Waals surface area contributed by atoms with Crippen molar-refractivity contribution in [3.8, 4) is 0 Å². The molecule has 0 N–H and O–H groups in total. The molecule has 1 heterocycles. The van der Waals surface area contributed by atoms with Gasteiger partial charge < -0.3 is 0 Å². The number of hydrogen-bond donors (Lipinski definition) is 0. The molecule has 0 radical (unpaired) electrons. The van der Waals surface area contributed by atoms with E-state index >= 15 is 0 Å². The summed E-state index contributed by atoms with van der Waals surface area (Å²) in [7, 11) is -19.5. The Morgan fingerprint density at radius 2 is 1.04 bits per heavy atom. The zero-order chi connectivity index (χ0) is 19.2. The van der Waals surface area contributed by atoms with Crippen molar-refractivity contribution in [3.63, 3.8) is 0 Å². The second kappa shape index (κ2) is 6.44. The van der Waals surface area contributed by atoms with E-state index in [-0.39, 0.29) is 5.67 Å². The first-order chi connectivity index (χ1) is 10.7. The van der Waals surface area contributed by atoms with Crippen molar-refractivity contribution in [2.75, 3.05) is 23.0 Å². The second-order valence-corrected chi connectivity index (χ2v) is 31.6. The molecule has 8 nitrogen and oxygen atoms in total. The van der Waals surface area contributed by atoms with E-state index in [9.17, 15) is 33.7 Å². The summed E-state index contributed by atoms with van der Waals surface area (Å²) in [5.74, 6) is -2.33. The van der Waals surface area contributed by atoms with Crippen LogP contribution >= 0.6 is 0 Å². The molecule has 1 fully saturated rings. The van der Waals surface area contributed by atoms with Crippen LogP contribution in [-0.4, -0.2) is 75.9 Å². The van der Waals surface area contributed by atoms with Gasteiger partial charge in [-0.15, -0.1) is 0 Å². The Bertz CT molecular complexity index is 769. The van der Waals surface area contributed by atoms with E-state index < -0.39 is 80.5 Å². The van der Waals surface area contributed by atoms with Crippen molar-refractivity contribution >= 4 is 54.1 Å². The molecular weight excluding hydrogens is 433 g/mol. The summed E-state index contributed by atoms with van der Waals surface area (Å²) in [5, 5.41) is 0. The van der Waals surface area contributed by atoms with Crippen molar-refractivity contribution in [2.45, 2.75) is 36.7 Å². The van der Waals surface area contributed by atoms with E-state index in [4.69, 9.17) is 0 Å². The Balaban J connectivity index is 4.21. The highest BCUT2D eigenvalue weighted by atomic mass is 32.6. The Kier molecular flexibility index (Phi) is 5.98. The SMILES string of the molecule is CCS(=O)(=O)C1(S(=O)(=O)CC)[SiH2]C[Si]1(S(=O)(=O)CC)S(=O)(=O)CC. The van der Waals surface area contributed by atoms with E-state index in [1.165, 1.54) is 27.7 Å². The Hall–Kier alpha value is 0.234. The highest BCUT2D eigenvalue weighted by molar-refractivity contribution is 8.56. The zero-order valence-electron chi connectivity index (χ0n) is 14.1. The molecule has 0 unspecified atom stereocenters. The van der Waals surface area contributed by atoms with Gasteiger partial charge in [-0.05, 0) is 5.67 Å². The first-order valence-corrected chi connectivity index (χ1v) is 19.6. The van der Waals surface area contributed by atoms with Gasteiger partial charge in [-0.2, -0.15) is 0 Å². The van der Waals surface area contributed by atoms with E-state index in [0.717, 1.165) is 0 Å². The van der Waals surface area contributed by atoms with Gasteiger partial charge in [-0.25, -0.2) is 33.7 Å². The summed E-state index contributed by atoms with van der Waals surface area (Å²) >= 11 is 0. The first kappa shape index (κ1) is 22.3. The normalized spacial score (nSPS) is 22.2. The fourth-order valence-corrected chi connectivity index (χ4v) is 62.5. The van der Waals surface area contributed by atoms with Crippen LogP contribution in [-0.2, 0) is 38.2 Å². The van der Waals surface area contributed by atoms with Crippen LogP contribution < -0.4 is 0 Å². The number of hydrogen-bond acceptors (Lipinski definition) is 8. The fourth-order valence-electron chi connectivity index (χ4n) is 3.42. The molecule has 1 rings (SSSR count). The zero-order valence-corrected chi connectivity index (χ0v) is 19.8. The third kappa shape index (κ3) is 2.43. The van der Waals surface area contributed by atoms with Crippen molar-refractivity contribution in [1.29, 1.82) is 0 Å². The van der Waals surface area contributed by atoms with Crippen LogP contribution in [0.15, 0.2) is 0 Å². The lowest BCUT2D eigenvalue weighted by molar-refractivity contribution is 0.574. The predicted octanol–water partition coefficient (Wildman–Crippen LogP) is -1.50. The fraction of sp³-hybridized carbons (Fsp3) is 1.00. The Morgan fingerprint density at radius 1 is 0.708 bits per heavy atom. The largest absolute Gasteiger partial charge is 0.357 e. The van der Waals surface area contributed by atoms with Crippen LogP contribution in [0.3, 0.4) is 0 Å². The number of sulfone groups is 2. The molecule has 144 valence electrons. The molecule has 1 aliphatic heterocycles. The lowest BCUT2D eigenvalue weighted by atomic mass is 11.0. The summed E-state index contributed by atoms with van der Waals surface area (Å²) in [4.78, 5) is 0. The molecule has 0 aromatic rings. The summed E-state index contributed by atoms with van der Waals surface area (Å²) in [6.45, 7) is 4.92. The van der Waals surface area contributed by atoms with Crippen molar-refractivity contribution in [3.05, 3.63) is 0 Å². The lowest BCUT2D eigenvalue weighted by Crippen LogP contribution is -2.85. The molecule has 24 heavy (non-hydrogen) atoms. The molecule has 0 bridgehead atoms. The van der Waals surface area contributed by atoms with Gasteiger partial charge in [0.05, 0.1) is 9.52 Å². The van der Waals surface area contributed by atoms with Crippen LogP contribution in [0.5, 0.6) is 0 Å². The molecule has 0 saturated carbocycles. The predicted molar refractivity (Wildman–Crippen MR) is 99.7 cm³/mol. The standard InChI is InChI=1S/C10H24O8S4Si2/c1-5-19(11,12)10(20(13,14)6-2)23-9-24(10,21(15,16)7-3)22(17,18)8-4/h5-9,23H2,1-4H3. The second-order valence-electron chi connectivity index (χ2n) is 5.62. The third-order valence-corrected chi connectivity index (χ3v) is 50.5. The molecule has 1 saturated heterocycles. The summed E-state index contributed by atoms with van der Waals surface area (Å²) < 4.78 is 100.0.